The van der Waals surface area contributed by atoms with Crippen LogP contribution in [-0.4, -0.2) is 13.1 Å². The summed E-state index contributed by atoms with van der Waals surface area (Å²) in [7, 11) is 1.45. The molecule has 0 fully saturated rings. The molecule has 0 amide bonds. The minimum absolute atomic E-state index is 0.0946. The zero-order chi connectivity index (χ0) is 18.3. The predicted molar refractivity (Wildman–Crippen MR) is 110 cm³/mol. The fourth-order valence-electron chi connectivity index (χ4n) is 2.65. The minimum atomic E-state index is -0.0946. The first kappa shape index (κ1) is 21.7. The first-order chi connectivity index (χ1) is 12.1. The number of hydrogen-bond donors (Lipinski definition) is 0. The first-order valence-corrected chi connectivity index (χ1v) is 10.0. The quantitative estimate of drug-likeness (QED) is 0.204. The number of halogens is 1. The molecular weight excluding hydrogens is 376 g/mol. The van der Waals surface area contributed by atoms with E-state index in [1.807, 2.05) is 6.07 Å². The maximum atomic E-state index is 11.0. The number of benzene rings is 1. The standard InChI is InChI=1S/C22H31BrO2/c1-19(17-18-20-14-11-12-15-21(20)23)13-9-7-5-3-4-6-8-10-16-22(24)25-2/h7,9,11-12,14-15H,1,3-6,8,10,13,16-18H2,2H3/b9-7+. The number of esters is 1. The van der Waals surface area contributed by atoms with Gasteiger partial charge in [0.05, 0.1) is 7.11 Å². The molecule has 0 N–H and O–H groups in total. The van der Waals surface area contributed by atoms with Crippen LogP contribution in [0.5, 0.6) is 0 Å². The Hall–Kier alpha value is -1.35. The van der Waals surface area contributed by atoms with E-state index in [2.05, 4.69) is 57.6 Å². The van der Waals surface area contributed by atoms with Gasteiger partial charge in [0.25, 0.3) is 0 Å². The number of hydrogen-bond acceptors (Lipinski definition) is 2. The van der Waals surface area contributed by atoms with E-state index in [1.165, 1.54) is 42.0 Å². The second-order valence-electron chi connectivity index (χ2n) is 6.40. The van der Waals surface area contributed by atoms with Crippen molar-refractivity contribution in [3.05, 3.63) is 58.6 Å². The zero-order valence-corrected chi connectivity index (χ0v) is 17.0. The van der Waals surface area contributed by atoms with Crippen LogP contribution in [0.1, 0.15) is 63.4 Å². The summed E-state index contributed by atoms with van der Waals surface area (Å²) < 4.78 is 5.82. The zero-order valence-electron chi connectivity index (χ0n) is 15.4. The van der Waals surface area contributed by atoms with Gasteiger partial charge in [0, 0.05) is 10.9 Å². The molecule has 1 rings (SSSR count). The summed E-state index contributed by atoms with van der Waals surface area (Å²) in [6, 6.07) is 8.38. The van der Waals surface area contributed by atoms with E-state index in [0.717, 1.165) is 38.5 Å². The smallest absolute Gasteiger partial charge is 0.305 e. The molecule has 0 spiro atoms. The van der Waals surface area contributed by atoms with Gasteiger partial charge >= 0.3 is 5.97 Å². The average molecular weight is 407 g/mol. The van der Waals surface area contributed by atoms with Crippen molar-refractivity contribution in [2.75, 3.05) is 7.11 Å². The van der Waals surface area contributed by atoms with Crippen LogP contribution in [0.25, 0.3) is 0 Å². The van der Waals surface area contributed by atoms with Crippen molar-refractivity contribution in [3.8, 4) is 0 Å². The molecule has 0 radical (unpaired) electrons. The van der Waals surface area contributed by atoms with E-state index in [0.29, 0.717) is 6.42 Å². The van der Waals surface area contributed by atoms with Crippen LogP contribution in [0, 0.1) is 0 Å². The van der Waals surface area contributed by atoms with Gasteiger partial charge in [-0.3, -0.25) is 4.79 Å². The first-order valence-electron chi connectivity index (χ1n) is 9.25. The number of methoxy groups -OCH3 is 1. The largest absolute Gasteiger partial charge is 0.469 e. The van der Waals surface area contributed by atoms with Gasteiger partial charge in [-0.2, -0.15) is 0 Å². The lowest BCUT2D eigenvalue weighted by Crippen LogP contribution is -1.98. The van der Waals surface area contributed by atoms with Gasteiger partial charge in [-0.15, -0.1) is 0 Å². The molecule has 138 valence electrons. The van der Waals surface area contributed by atoms with Gasteiger partial charge in [0.15, 0.2) is 0 Å². The van der Waals surface area contributed by atoms with Gasteiger partial charge in [-0.25, -0.2) is 0 Å². The van der Waals surface area contributed by atoms with E-state index >= 15 is 0 Å². The average Bonchev–Trinajstić information content (AvgIpc) is 2.62. The lowest BCUT2D eigenvalue weighted by atomic mass is 10.0. The number of ether oxygens (including phenoxy) is 1. The summed E-state index contributed by atoms with van der Waals surface area (Å²) in [4.78, 5) is 11.0. The Morgan fingerprint density at radius 1 is 1.08 bits per heavy atom. The van der Waals surface area contributed by atoms with Crippen molar-refractivity contribution in [2.45, 2.75) is 64.2 Å². The number of aryl methyl sites for hydroxylation is 1. The molecule has 0 heterocycles. The normalized spacial score (nSPS) is 11.0. The second kappa shape index (κ2) is 13.9. The van der Waals surface area contributed by atoms with Crippen molar-refractivity contribution in [3.63, 3.8) is 0 Å². The summed E-state index contributed by atoms with van der Waals surface area (Å²) in [5.74, 6) is -0.0946. The van der Waals surface area contributed by atoms with Crippen LogP contribution in [0.4, 0.5) is 0 Å². The molecule has 25 heavy (non-hydrogen) atoms. The Labute approximate surface area is 161 Å². The fourth-order valence-corrected chi connectivity index (χ4v) is 3.13. The van der Waals surface area contributed by atoms with Crippen molar-refractivity contribution in [1.29, 1.82) is 0 Å². The van der Waals surface area contributed by atoms with Crippen LogP contribution in [0.15, 0.2) is 53.0 Å². The molecule has 0 bridgehead atoms. The van der Waals surface area contributed by atoms with Crippen LogP contribution >= 0.6 is 15.9 Å². The van der Waals surface area contributed by atoms with Gasteiger partial charge in [0.2, 0.25) is 0 Å². The van der Waals surface area contributed by atoms with Crippen LogP contribution in [0.2, 0.25) is 0 Å². The molecule has 0 saturated carbocycles. The number of rotatable bonds is 13. The molecule has 0 aliphatic rings. The third kappa shape index (κ3) is 11.0. The lowest BCUT2D eigenvalue weighted by molar-refractivity contribution is -0.140. The Bertz CT molecular complexity index is 549. The van der Waals surface area contributed by atoms with Crippen molar-refractivity contribution < 1.29 is 9.53 Å². The van der Waals surface area contributed by atoms with E-state index in [1.54, 1.807) is 0 Å². The third-order valence-electron chi connectivity index (χ3n) is 4.26. The number of carbonyl (C=O) groups is 1. The highest BCUT2D eigenvalue weighted by Crippen LogP contribution is 2.19. The molecule has 1 aromatic rings. The van der Waals surface area contributed by atoms with Gasteiger partial charge in [-0.05, 0) is 50.2 Å². The van der Waals surface area contributed by atoms with E-state index in [-0.39, 0.29) is 5.97 Å². The van der Waals surface area contributed by atoms with Crippen molar-refractivity contribution in [2.24, 2.45) is 0 Å². The highest BCUT2D eigenvalue weighted by atomic mass is 79.9. The maximum absolute atomic E-state index is 11.0. The van der Waals surface area contributed by atoms with Gasteiger partial charge in [0.1, 0.15) is 0 Å². The summed E-state index contributed by atoms with van der Waals surface area (Å²) in [6.07, 6.45) is 15.0. The number of allylic oxidation sites excluding steroid dienone is 3. The molecule has 2 nitrogen and oxygen atoms in total. The molecule has 0 atom stereocenters. The van der Waals surface area contributed by atoms with E-state index in [4.69, 9.17) is 0 Å². The van der Waals surface area contributed by atoms with E-state index < -0.39 is 0 Å². The summed E-state index contributed by atoms with van der Waals surface area (Å²) in [5.41, 5.74) is 2.63. The van der Waals surface area contributed by atoms with Gasteiger partial charge in [-0.1, -0.05) is 77.7 Å². The molecule has 3 heteroatoms. The van der Waals surface area contributed by atoms with Gasteiger partial charge < -0.3 is 4.74 Å². The van der Waals surface area contributed by atoms with Crippen molar-refractivity contribution in [1.82, 2.24) is 0 Å². The molecular formula is C22H31BrO2. The third-order valence-corrected chi connectivity index (χ3v) is 5.03. The fraction of sp³-hybridized carbons (Fsp3) is 0.500. The highest BCUT2D eigenvalue weighted by Gasteiger charge is 2.00. The Morgan fingerprint density at radius 2 is 1.80 bits per heavy atom. The summed E-state index contributed by atoms with van der Waals surface area (Å²) in [5, 5.41) is 0. The van der Waals surface area contributed by atoms with Crippen LogP contribution in [-0.2, 0) is 16.0 Å². The topological polar surface area (TPSA) is 26.3 Å². The number of carbonyl (C=O) groups excluding carboxylic acids is 1. The highest BCUT2D eigenvalue weighted by molar-refractivity contribution is 9.10. The second-order valence-corrected chi connectivity index (χ2v) is 7.25. The van der Waals surface area contributed by atoms with Crippen LogP contribution in [0.3, 0.4) is 0 Å². The molecule has 1 aromatic carbocycles. The SMILES string of the molecule is C=C(C/C=C/CCCCCCCC(=O)OC)CCc1ccccc1Br. The molecule has 0 aliphatic heterocycles. The summed E-state index contributed by atoms with van der Waals surface area (Å²) in [6.45, 7) is 4.18. The monoisotopic (exact) mass is 406 g/mol. The summed E-state index contributed by atoms with van der Waals surface area (Å²) >= 11 is 3.59. The Kier molecular flexibility index (Phi) is 12.0. The molecule has 0 aromatic heterocycles. The Morgan fingerprint density at radius 3 is 2.56 bits per heavy atom. The molecule has 0 unspecified atom stereocenters. The molecule has 0 saturated heterocycles. The Balaban J connectivity index is 1.99. The van der Waals surface area contributed by atoms with Crippen LogP contribution < -0.4 is 0 Å². The number of unbranched alkanes of at least 4 members (excludes halogenated alkanes) is 5. The van der Waals surface area contributed by atoms with Crippen molar-refractivity contribution >= 4 is 21.9 Å². The minimum Gasteiger partial charge on any atom is -0.469 e. The molecule has 0 aliphatic carbocycles. The maximum Gasteiger partial charge on any atom is 0.305 e. The predicted octanol–water partition coefficient (Wildman–Crippen LogP) is 6.79. The lowest BCUT2D eigenvalue weighted by Gasteiger charge is -2.05. The van der Waals surface area contributed by atoms with E-state index in [9.17, 15) is 4.79 Å².